The summed E-state index contributed by atoms with van der Waals surface area (Å²) in [5.74, 6) is -0.296. The zero-order valence-electron chi connectivity index (χ0n) is 19.3. The first-order valence-electron chi connectivity index (χ1n) is 11.5. The molecule has 0 amide bonds. The quantitative estimate of drug-likeness (QED) is 0.177. The minimum absolute atomic E-state index is 0.111. The fourth-order valence-electron chi connectivity index (χ4n) is 3.83. The summed E-state index contributed by atoms with van der Waals surface area (Å²) in [6.45, 7) is 4.40. The van der Waals surface area contributed by atoms with Crippen LogP contribution in [0.5, 0.6) is 5.75 Å². The van der Waals surface area contributed by atoms with Crippen molar-refractivity contribution in [2.24, 2.45) is 5.92 Å². The molecule has 0 radical (unpaired) electrons. The first-order valence-corrected chi connectivity index (χ1v) is 11.5. The molecular weight excluding hydrogens is 432 g/mol. The molecule has 7 nitrogen and oxygen atoms in total. The number of nitrogen functional groups attached to an aromatic ring is 2. The zero-order valence-corrected chi connectivity index (χ0v) is 19.3. The van der Waals surface area contributed by atoms with Crippen molar-refractivity contribution >= 4 is 29.4 Å². The van der Waals surface area contributed by atoms with Gasteiger partial charge < -0.3 is 25.7 Å². The minimum atomic E-state index is -0.453. The average Bonchev–Trinajstić information content (AvgIpc) is 2.84. The molecular formula is C27H32N2O5. The topological polar surface area (TPSA) is 114 Å². The Hall–Kier alpha value is -3.58. The fourth-order valence-corrected chi connectivity index (χ4v) is 3.83. The Kier molecular flexibility index (Phi) is 9.29. The van der Waals surface area contributed by atoms with Crippen molar-refractivity contribution in [3.63, 3.8) is 0 Å². The Bertz CT molecular complexity index is 1010. The highest BCUT2D eigenvalue weighted by atomic mass is 16.5. The van der Waals surface area contributed by atoms with Gasteiger partial charge in [0, 0.05) is 23.9 Å². The van der Waals surface area contributed by atoms with Crippen LogP contribution in [0, 0.1) is 5.92 Å². The number of carbonyl (C=O) groups is 2. The highest BCUT2D eigenvalue weighted by molar-refractivity contribution is 5.87. The van der Waals surface area contributed by atoms with Gasteiger partial charge in [0.15, 0.2) is 0 Å². The van der Waals surface area contributed by atoms with Crippen molar-refractivity contribution in [2.45, 2.75) is 38.2 Å². The van der Waals surface area contributed by atoms with Crippen LogP contribution >= 0.6 is 0 Å². The van der Waals surface area contributed by atoms with Crippen LogP contribution in [0.15, 0.2) is 61.2 Å². The highest BCUT2D eigenvalue weighted by Crippen LogP contribution is 2.28. The van der Waals surface area contributed by atoms with Gasteiger partial charge >= 0.3 is 11.9 Å². The molecule has 2 aromatic carbocycles. The van der Waals surface area contributed by atoms with Gasteiger partial charge in [0.05, 0.1) is 25.2 Å². The second-order valence-corrected chi connectivity index (χ2v) is 8.29. The second kappa shape index (κ2) is 12.6. The first-order chi connectivity index (χ1) is 16.4. The van der Waals surface area contributed by atoms with E-state index in [1.165, 1.54) is 6.08 Å². The van der Waals surface area contributed by atoms with Crippen LogP contribution < -0.4 is 16.2 Å². The maximum atomic E-state index is 12.5. The van der Waals surface area contributed by atoms with Gasteiger partial charge in [0.25, 0.3) is 0 Å². The molecule has 1 saturated carbocycles. The number of nitrogens with two attached hydrogens (primary N) is 2. The summed E-state index contributed by atoms with van der Waals surface area (Å²) in [7, 11) is 0. The van der Waals surface area contributed by atoms with Crippen LogP contribution in [0.1, 0.15) is 36.8 Å². The minimum Gasteiger partial charge on any atom is -0.462 e. The molecule has 4 N–H and O–H groups in total. The predicted molar refractivity (Wildman–Crippen MR) is 133 cm³/mol. The number of hydrogen-bond acceptors (Lipinski definition) is 7. The molecule has 1 fully saturated rings. The number of rotatable bonds is 10. The normalized spacial score (nSPS) is 17.9. The summed E-state index contributed by atoms with van der Waals surface area (Å²) in [5, 5.41) is 0. The van der Waals surface area contributed by atoms with Gasteiger partial charge in [-0.1, -0.05) is 18.2 Å². The van der Waals surface area contributed by atoms with Gasteiger partial charge in [-0.05, 0) is 73.2 Å². The number of carbonyl (C=O) groups excluding carboxylic acids is 2. The van der Waals surface area contributed by atoms with Gasteiger partial charge in [-0.2, -0.15) is 0 Å². The standard InChI is InChI=1S/C27H32N2O5/c1-2-16-32-23-11-6-20(7-12-23)27(31)34-24-9-3-19(4-10-24)5-14-26(30)33-17-15-21-18-22(28)8-13-25(21)29/h2-5,8-10,13-14,18,20,23H,1,6-7,11-12,15-17,28-29H2. The summed E-state index contributed by atoms with van der Waals surface area (Å²) in [6.07, 6.45) is 8.63. The van der Waals surface area contributed by atoms with Gasteiger partial charge in [-0.25, -0.2) is 4.79 Å². The maximum Gasteiger partial charge on any atom is 0.330 e. The highest BCUT2D eigenvalue weighted by Gasteiger charge is 2.28. The number of benzene rings is 2. The molecule has 0 saturated heterocycles. The van der Waals surface area contributed by atoms with E-state index in [-0.39, 0.29) is 24.6 Å². The maximum absolute atomic E-state index is 12.5. The largest absolute Gasteiger partial charge is 0.462 e. The molecule has 2 aromatic rings. The third-order valence-corrected chi connectivity index (χ3v) is 5.75. The number of esters is 2. The van der Waals surface area contributed by atoms with E-state index in [2.05, 4.69) is 6.58 Å². The molecule has 0 aromatic heterocycles. The van der Waals surface area contributed by atoms with Crippen molar-refractivity contribution in [2.75, 3.05) is 24.7 Å². The molecule has 0 bridgehead atoms. The summed E-state index contributed by atoms with van der Waals surface area (Å²) in [4.78, 5) is 24.4. The third kappa shape index (κ3) is 7.78. The van der Waals surface area contributed by atoms with Crippen molar-refractivity contribution in [3.05, 3.63) is 72.3 Å². The monoisotopic (exact) mass is 464 g/mol. The Balaban J connectivity index is 1.40. The second-order valence-electron chi connectivity index (χ2n) is 8.29. The molecule has 7 heteroatoms. The predicted octanol–water partition coefficient (Wildman–Crippen LogP) is 4.32. The lowest BCUT2D eigenvalue weighted by molar-refractivity contribution is -0.141. The number of anilines is 2. The number of hydrogen-bond donors (Lipinski definition) is 2. The lowest BCUT2D eigenvalue weighted by Gasteiger charge is -2.26. The zero-order chi connectivity index (χ0) is 24.3. The molecule has 1 aliphatic carbocycles. The average molecular weight is 465 g/mol. The molecule has 0 spiro atoms. The molecule has 1 aliphatic rings. The van der Waals surface area contributed by atoms with Crippen LogP contribution in [-0.2, 0) is 25.5 Å². The summed E-state index contributed by atoms with van der Waals surface area (Å²) < 4.78 is 16.4. The first kappa shape index (κ1) is 25.1. The smallest absolute Gasteiger partial charge is 0.330 e. The lowest BCUT2D eigenvalue weighted by atomic mass is 9.87. The van der Waals surface area contributed by atoms with E-state index in [0.717, 1.165) is 36.8 Å². The number of ether oxygens (including phenoxy) is 3. The SMILES string of the molecule is C=CCOC1CCC(C(=O)Oc2ccc(C=CC(=O)OCCc3cc(N)ccc3N)cc2)CC1. The lowest BCUT2D eigenvalue weighted by Crippen LogP contribution is -2.28. The van der Waals surface area contributed by atoms with E-state index in [0.29, 0.717) is 30.2 Å². The van der Waals surface area contributed by atoms with Crippen molar-refractivity contribution < 1.29 is 23.8 Å². The van der Waals surface area contributed by atoms with E-state index in [9.17, 15) is 9.59 Å². The van der Waals surface area contributed by atoms with Crippen LogP contribution in [0.4, 0.5) is 11.4 Å². The summed E-state index contributed by atoms with van der Waals surface area (Å²) in [6, 6.07) is 12.2. The van der Waals surface area contributed by atoms with E-state index in [1.54, 1.807) is 54.6 Å². The van der Waals surface area contributed by atoms with Crippen molar-refractivity contribution in [1.82, 2.24) is 0 Å². The molecule has 3 rings (SSSR count). The molecule has 0 atom stereocenters. The van der Waals surface area contributed by atoms with Crippen molar-refractivity contribution in [3.8, 4) is 5.75 Å². The van der Waals surface area contributed by atoms with Gasteiger partial charge in [-0.3, -0.25) is 4.79 Å². The van der Waals surface area contributed by atoms with Crippen molar-refractivity contribution in [1.29, 1.82) is 0 Å². The molecule has 34 heavy (non-hydrogen) atoms. The van der Waals surface area contributed by atoms with E-state index in [4.69, 9.17) is 25.7 Å². The molecule has 0 heterocycles. The van der Waals surface area contributed by atoms with Crippen LogP contribution in [0.2, 0.25) is 0 Å². The van der Waals surface area contributed by atoms with Crippen LogP contribution in [0.3, 0.4) is 0 Å². The van der Waals surface area contributed by atoms with Crippen LogP contribution in [-0.4, -0.2) is 31.3 Å². The molecule has 0 aliphatic heterocycles. The summed E-state index contributed by atoms with van der Waals surface area (Å²) in [5.41, 5.74) is 14.5. The summed E-state index contributed by atoms with van der Waals surface area (Å²) >= 11 is 0. The third-order valence-electron chi connectivity index (χ3n) is 5.75. The van der Waals surface area contributed by atoms with E-state index in [1.807, 2.05) is 0 Å². The fraction of sp³-hybridized carbons (Fsp3) is 0.333. The van der Waals surface area contributed by atoms with Crippen LogP contribution in [0.25, 0.3) is 6.08 Å². The van der Waals surface area contributed by atoms with Gasteiger partial charge in [0.2, 0.25) is 0 Å². The Labute approximate surface area is 200 Å². The van der Waals surface area contributed by atoms with Gasteiger partial charge in [-0.15, -0.1) is 6.58 Å². The molecule has 180 valence electrons. The van der Waals surface area contributed by atoms with E-state index >= 15 is 0 Å². The Morgan fingerprint density at radius 1 is 1.03 bits per heavy atom. The van der Waals surface area contributed by atoms with Gasteiger partial charge in [0.1, 0.15) is 5.75 Å². The Morgan fingerprint density at radius 2 is 1.76 bits per heavy atom. The Morgan fingerprint density at radius 3 is 2.47 bits per heavy atom. The molecule has 0 unspecified atom stereocenters. The van der Waals surface area contributed by atoms with E-state index < -0.39 is 5.97 Å².